The third kappa shape index (κ3) is 3.14. The molecule has 0 aliphatic carbocycles. The summed E-state index contributed by atoms with van der Waals surface area (Å²) >= 11 is 1.45. The van der Waals surface area contributed by atoms with Crippen molar-refractivity contribution in [3.05, 3.63) is 64.5 Å². The van der Waals surface area contributed by atoms with Crippen LogP contribution in [0, 0.1) is 12.8 Å². The van der Waals surface area contributed by atoms with E-state index in [1.165, 1.54) is 11.3 Å². The molecule has 1 aromatic heterocycles. The van der Waals surface area contributed by atoms with Crippen LogP contribution in [0.2, 0.25) is 0 Å². The van der Waals surface area contributed by atoms with Gasteiger partial charge in [-0.1, -0.05) is 30.3 Å². The molecule has 0 saturated carbocycles. The van der Waals surface area contributed by atoms with Gasteiger partial charge in [-0.3, -0.25) is 9.59 Å². The molecule has 1 aliphatic rings. The lowest BCUT2D eigenvalue weighted by Crippen LogP contribution is -2.29. The van der Waals surface area contributed by atoms with Crippen molar-refractivity contribution in [1.82, 2.24) is 4.90 Å². The van der Waals surface area contributed by atoms with Crippen LogP contribution in [0.3, 0.4) is 0 Å². The van der Waals surface area contributed by atoms with Gasteiger partial charge in [-0.05, 0) is 41.6 Å². The van der Waals surface area contributed by atoms with Crippen LogP contribution >= 0.6 is 11.3 Å². The Morgan fingerprint density at radius 3 is 2.57 bits per heavy atom. The number of benzene rings is 2. The number of carbonyl (C=O) groups excluding carboxylic acids is 1. The summed E-state index contributed by atoms with van der Waals surface area (Å²) in [6, 6.07) is 15.4. The van der Waals surface area contributed by atoms with Crippen molar-refractivity contribution in [2.45, 2.75) is 12.8 Å². The predicted molar refractivity (Wildman–Crippen MR) is 109 cm³/mol. The zero-order valence-corrected chi connectivity index (χ0v) is 16.5. The molecule has 5 nitrogen and oxygen atoms in total. The summed E-state index contributed by atoms with van der Waals surface area (Å²) in [5, 5.41) is 10.7. The maximum atomic E-state index is 13.2. The van der Waals surface area contributed by atoms with E-state index < -0.39 is 11.9 Å². The zero-order chi connectivity index (χ0) is 19.8. The molecule has 4 rings (SSSR count). The molecule has 1 N–H and O–H groups in total. The average Bonchev–Trinajstić information content (AvgIpc) is 3.30. The number of likely N-dealkylation sites (tertiary alicyclic amines) is 1. The van der Waals surface area contributed by atoms with Gasteiger partial charge >= 0.3 is 5.97 Å². The Labute approximate surface area is 167 Å². The Hall–Kier alpha value is -2.86. The number of carbonyl (C=O) groups is 2. The van der Waals surface area contributed by atoms with Gasteiger partial charge in [0.15, 0.2) is 0 Å². The molecule has 2 heterocycles. The van der Waals surface area contributed by atoms with E-state index in [1.807, 2.05) is 55.5 Å². The Bertz CT molecular complexity index is 1040. The first kappa shape index (κ1) is 18.5. The van der Waals surface area contributed by atoms with Gasteiger partial charge in [0.1, 0.15) is 5.75 Å². The molecule has 2 atom stereocenters. The summed E-state index contributed by atoms with van der Waals surface area (Å²) in [5.74, 6) is -0.994. The molecule has 28 heavy (non-hydrogen) atoms. The number of carboxylic acid groups (broad SMARTS) is 1. The molecule has 0 radical (unpaired) electrons. The van der Waals surface area contributed by atoms with Crippen molar-refractivity contribution in [2.75, 3.05) is 20.2 Å². The average molecular weight is 395 g/mol. The largest absolute Gasteiger partial charge is 0.497 e. The van der Waals surface area contributed by atoms with Crippen molar-refractivity contribution in [3.63, 3.8) is 0 Å². The highest BCUT2D eigenvalue weighted by atomic mass is 32.1. The second-order valence-electron chi connectivity index (χ2n) is 7.09. The number of hydrogen-bond acceptors (Lipinski definition) is 4. The van der Waals surface area contributed by atoms with E-state index in [0.717, 1.165) is 27.0 Å². The van der Waals surface area contributed by atoms with Crippen molar-refractivity contribution in [3.8, 4) is 5.75 Å². The monoisotopic (exact) mass is 395 g/mol. The van der Waals surface area contributed by atoms with Gasteiger partial charge in [0.05, 0.1) is 17.9 Å². The fourth-order valence-corrected chi connectivity index (χ4v) is 5.09. The molecule has 6 heteroatoms. The van der Waals surface area contributed by atoms with Crippen LogP contribution in [-0.4, -0.2) is 42.1 Å². The Morgan fingerprint density at radius 2 is 1.89 bits per heavy atom. The fraction of sp³-hybridized carbons (Fsp3) is 0.273. The van der Waals surface area contributed by atoms with Gasteiger partial charge < -0.3 is 14.7 Å². The Balaban J connectivity index is 1.66. The quantitative estimate of drug-likeness (QED) is 0.720. The number of nitrogens with zero attached hydrogens (tertiary/aromatic N) is 1. The number of fused-ring (bicyclic) bond motifs is 1. The normalized spacial score (nSPS) is 19.1. The number of carboxylic acids is 1. The number of aliphatic carboxylic acids is 1. The van der Waals surface area contributed by atoms with Crippen molar-refractivity contribution in [1.29, 1.82) is 0 Å². The van der Waals surface area contributed by atoms with Crippen LogP contribution < -0.4 is 4.74 Å². The molecule has 1 saturated heterocycles. The van der Waals surface area contributed by atoms with E-state index in [2.05, 4.69) is 0 Å². The summed E-state index contributed by atoms with van der Waals surface area (Å²) in [6.07, 6.45) is 0. The van der Waals surface area contributed by atoms with Crippen molar-refractivity contribution >= 4 is 33.3 Å². The minimum atomic E-state index is -0.859. The number of thiophene rings is 1. The number of amides is 1. The molecule has 1 amide bonds. The second-order valence-corrected chi connectivity index (χ2v) is 8.14. The number of methoxy groups -OCH3 is 1. The lowest BCUT2D eigenvalue weighted by molar-refractivity contribution is -0.141. The summed E-state index contributed by atoms with van der Waals surface area (Å²) in [7, 11) is 1.62. The van der Waals surface area contributed by atoms with Crippen LogP contribution in [0.1, 0.15) is 26.7 Å². The minimum absolute atomic E-state index is 0.0950. The van der Waals surface area contributed by atoms with E-state index in [9.17, 15) is 14.7 Å². The number of aryl methyl sites for hydroxylation is 1. The van der Waals surface area contributed by atoms with Crippen LogP contribution in [0.5, 0.6) is 5.75 Å². The predicted octanol–water partition coefficient (Wildman–Crippen LogP) is 4.16. The van der Waals surface area contributed by atoms with E-state index in [4.69, 9.17) is 4.74 Å². The molecule has 1 fully saturated rings. The van der Waals surface area contributed by atoms with E-state index in [-0.39, 0.29) is 18.4 Å². The molecule has 144 valence electrons. The van der Waals surface area contributed by atoms with E-state index in [0.29, 0.717) is 11.4 Å². The van der Waals surface area contributed by atoms with E-state index >= 15 is 0 Å². The first-order valence-corrected chi connectivity index (χ1v) is 9.95. The minimum Gasteiger partial charge on any atom is -0.497 e. The van der Waals surface area contributed by atoms with Crippen LogP contribution in [0.15, 0.2) is 48.5 Å². The lowest BCUT2D eigenvalue weighted by Gasteiger charge is -2.16. The third-order valence-corrected chi connectivity index (χ3v) is 6.75. The topological polar surface area (TPSA) is 66.8 Å². The number of rotatable bonds is 4. The molecular formula is C22H21NO4S. The van der Waals surface area contributed by atoms with Crippen LogP contribution in [0.4, 0.5) is 0 Å². The van der Waals surface area contributed by atoms with Gasteiger partial charge in [0, 0.05) is 23.7 Å². The van der Waals surface area contributed by atoms with Gasteiger partial charge in [-0.25, -0.2) is 0 Å². The first-order chi connectivity index (χ1) is 13.5. The molecule has 2 aromatic carbocycles. The molecular weight excluding hydrogens is 374 g/mol. The second kappa shape index (κ2) is 7.28. The first-order valence-electron chi connectivity index (χ1n) is 9.13. The molecule has 0 spiro atoms. The summed E-state index contributed by atoms with van der Waals surface area (Å²) in [5.41, 5.74) is 1.88. The van der Waals surface area contributed by atoms with Gasteiger partial charge in [0.2, 0.25) is 0 Å². The standard InChI is InChI=1S/C22H21NO4S/c1-13-16-10-15(27-2)8-9-19(16)28-20(13)21(24)23-11-17(18(12-23)22(25)26)14-6-4-3-5-7-14/h3-10,17-18H,11-12H2,1-2H3,(H,25,26). The Kier molecular flexibility index (Phi) is 4.81. The molecule has 0 bridgehead atoms. The molecule has 2 unspecified atom stereocenters. The van der Waals surface area contributed by atoms with Gasteiger partial charge in [-0.15, -0.1) is 11.3 Å². The third-order valence-electron chi connectivity index (χ3n) is 5.49. The van der Waals surface area contributed by atoms with Crippen LogP contribution in [0.25, 0.3) is 10.1 Å². The highest BCUT2D eigenvalue weighted by Gasteiger charge is 2.41. The smallest absolute Gasteiger partial charge is 0.308 e. The van der Waals surface area contributed by atoms with Gasteiger partial charge in [-0.2, -0.15) is 0 Å². The lowest BCUT2D eigenvalue weighted by atomic mass is 9.89. The summed E-state index contributed by atoms with van der Waals surface area (Å²) in [6.45, 7) is 2.58. The Morgan fingerprint density at radius 1 is 1.14 bits per heavy atom. The maximum Gasteiger partial charge on any atom is 0.308 e. The maximum absolute atomic E-state index is 13.2. The van der Waals surface area contributed by atoms with E-state index in [1.54, 1.807) is 12.0 Å². The fourth-order valence-electron chi connectivity index (χ4n) is 3.93. The summed E-state index contributed by atoms with van der Waals surface area (Å²) < 4.78 is 6.32. The zero-order valence-electron chi connectivity index (χ0n) is 15.7. The number of hydrogen-bond donors (Lipinski definition) is 1. The number of ether oxygens (including phenoxy) is 1. The molecule has 1 aliphatic heterocycles. The van der Waals surface area contributed by atoms with Crippen molar-refractivity contribution < 1.29 is 19.4 Å². The molecule has 3 aromatic rings. The van der Waals surface area contributed by atoms with Gasteiger partial charge in [0.25, 0.3) is 5.91 Å². The van der Waals surface area contributed by atoms with Crippen LogP contribution in [-0.2, 0) is 4.79 Å². The SMILES string of the molecule is COc1ccc2sc(C(=O)N3CC(C(=O)O)C(c4ccccc4)C3)c(C)c2c1. The highest BCUT2D eigenvalue weighted by Crippen LogP contribution is 2.37. The highest BCUT2D eigenvalue weighted by molar-refractivity contribution is 7.21. The summed E-state index contributed by atoms with van der Waals surface area (Å²) in [4.78, 5) is 27.4. The van der Waals surface area contributed by atoms with Crippen molar-refractivity contribution in [2.24, 2.45) is 5.92 Å².